The van der Waals surface area contributed by atoms with Crippen molar-refractivity contribution in [3.05, 3.63) is 40.4 Å². The van der Waals surface area contributed by atoms with Crippen LogP contribution in [0.2, 0.25) is 0 Å². The van der Waals surface area contributed by atoms with E-state index >= 15 is 0 Å². The van der Waals surface area contributed by atoms with Crippen LogP contribution in [0.3, 0.4) is 0 Å². The first-order chi connectivity index (χ1) is 6.89. The van der Waals surface area contributed by atoms with Gasteiger partial charge in [-0.2, -0.15) is 0 Å². The van der Waals surface area contributed by atoms with E-state index in [0.717, 1.165) is 10.0 Å². The number of hydrogen-bond donors (Lipinski definition) is 1. The molecule has 1 N–H and O–H groups in total. The van der Waals surface area contributed by atoms with Gasteiger partial charge in [-0.25, -0.2) is 0 Å². The average molecular weight is 330 g/mol. The largest absolute Gasteiger partial charge is 0.385 e. The standard InChI is InChI=1S/C10H8BrCl3O/c11-8-4-1-7(2-5-8)3-6-9(15)10(12,13)14/h1-6,9,15H/b6-3+/t9-/m1/s1. The van der Waals surface area contributed by atoms with Crippen molar-refractivity contribution in [1.82, 2.24) is 0 Å². The van der Waals surface area contributed by atoms with Crippen LogP contribution in [0.15, 0.2) is 34.8 Å². The smallest absolute Gasteiger partial charge is 0.219 e. The topological polar surface area (TPSA) is 20.2 Å². The maximum Gasteiger partial charge on any atom is 0.219 e. The molecule has 0 saturated heterocycles. The summed E-state index contributed by atoms with van der Waals surface area (Å²) < 4.78 is -0.701. The highest BCUT2D eigenvalue weighted by molar-refractivity contribution is 9.10. The molecule has 0 aliphatic rings. The molecule has 0 aliphatic heterocycles. The van der Waals surface area contributed by atoms with Gasteiger partial charge >= 0.3 is 0 Å². The van der Waals surface area contributed by atoms with Crippen LogP contribution in [0, 0.1) is 0 Å². The van der Waals surface area contributed by atoms with Crippen molar-refractivity contribution in [2.75, 3.05) is 0 Å². The van der Waals surface area contributed by atoms with Crippen molar-refractivity contribution in [3.8, 4) is 0 Å². The second-order valence-electron chi connectivity index (χ2n) is 2.90. The molecule has 0 fully saturated rings. The zero-order valence-electron chi connectivity index (χ0n) is 7.50. The van der Waals surface area contributed by atoms with Crippen molar-refractivity contribution in [3.63, 3.8) is 0 Å². The Morgan fingerprint density at radius 3 is 2.20 bits per heavy atom. The van der Waals surface area contributed by atoms with E-state index in [1.54, 1.807) is 6.08 Å². The third-order valence-corrected chi connectivity index (χ3v) is 2.88. The zero-order chi connectivity index (χ0) is 11.5. The molecule has 1 aromatic rings. The molecule has 1 aromatic carbocycles. The molecule has 1 atom stereocenters. The van der Waals surface area contributed by atoms with Gasteiger partial charge in [0.1, 0.15) is 6.10 Å². The summed E-state index contributed by atoms with van der Waals surface area (Å²) in [5, 5.41) is 9.41. The monoisotopic (exact) mass is 328 g/mol. The fourth-order valence-corrected chi connectivity index (χ4v) is 1.37. The van der Waals surface area contributed by atoms with Crippen LogP contribution in [0.25, 0.3) is 6.08 Å². The highest BCUT2D eigenvalue weighted by Gasteiger charge is 2.28. The Morgan fingerprint density at radius 1 is 1.20 bits per heavy atom. The molecule has 1 rings (SSSR count). The number of halogens is 4. The van der Waals surface area contributed by atoms with Crippen LogP contribution >= 0.6 is 50.7 Å². The maximum atomic E-state index is 9.41. The van der Waals surface area contributed by atoms with E-state index in [2.05, 4.69) is 15.9 Å². The van der Waals surface area contributed by atoms with Crippen LogP contribution in [0.1, 0.15) is 5.56 Å². The number of benzene rings is 1. The molecule has 0 aliphatic carbocycles. The van der Waals surface area contributed by atoms with E-state index in [1.165, 1.54) is 6.08 Å². The summed E-state index contributed by atoms with van der Waals surface area (Å²) in [5.41, 5.74) is 0.923. The number of aliphatic hydroxyl groups excluding tert-OH is 1. The van der Waals surface area contributed by atoms with Gasteiger partial charge in [-0.05, 0) is 17.7 Å². The Labute approximate surface area is 112 Å². The first kappa shape index (κ1) is 13.3. The SMILES string of the molecule is O[C@H](/C=C/c1ccc(Br)cc1)C(Cl)(Cl)Cl. The molecule has 15 heavy (non-hydrogen) atoms. The second kappa shape index (κ2) is 5.55. The summed E-state index contributed by atoms with van der Waals surface area (Å²) in [5.74, 6) is 0. The third-order valence-electron chi connectivity index (χ3n) is 1.68. The highest BCUT2D eigenvalue weighted by Crippen LogP contribution is 2.31. The quantitative estimate of drug-likeness (QED) is 0.806. The summed E-state index contributed by atoms with van der Waals surface area (Å²) in [7, 11) is 0. The molecule has 0 saturated carbocycles. The molecule has 0 spiro atoms. The summed E-state index contributed by atoms with van der Waals surface area (Å²) in [4.78, 5) is 0. The van der Waals surface area contributed by atoms with Gasteiger partial charge in [-0.1, -0.05) is 75.0 Å². The summed E-state index contributed by atoms with van der Waals surface area (Å²) in [6, 6.07) is 7.54. The molecule has 0 heterocycles. The molecule has 0 radical (unpaired) electrons. The van der Waals surface area contributed by atoms with Gasteiger partial charge in [0, 0.05) is 4.47 Å². The second-order valence-corrected chi connectivity index (χ2v) is 6.18. The van der Waals surface area contributed by atoms with Crippen LogP contribution < -0.4 is 0 Å². The van der Waals surface area contributed by atoms with Crippen molar-refractivity contribution < 1.29 is 5.11 Å². The van der Waals surface area contributed by atoms with Crippen molar-refractivity contribution in [2.45, 2.75) is 9.90 Å². The minimum Gasteiger partial charge on any atom is -0.385 e. The Kier molecular flexibility index (Phi) is 4.94. The molecule has 1 nitrogen and oxygen atoms in total. The number of alkyl halides is 3. The Bertz CT molecular complexity index is 343. The van der Waals surface area contributed by atoms with Crippen LogP contribution in [-0.4, -0.2) is 15.0 Å². The number of hydrogen-bond acceptors (Lipinski definition) is 1. The molecule has 0 amide bonds. The molecule has 0 unspecified atom stereocenters. The predicted octanol–water partition coefficient (Wildman–Crippen LogP) is 4.19. The van der Waals surface area contributed by atoms with Gasteiger partial charge in [0.15, 0.2) is 0 Å². The lowest BCUT2D eigenvalue weighted by molar-refractivity contribution is 0.228. The molecule has 5 heteroatoms. The first-order valence-electron chi connectivity index (χ1n) is 4.08. The zero-order valence-corrected chi connectivity index (χ0v) is 11.4. The van der Waals surface area contributed by atoms with Crippen molar-refractivity contribution in [1.29, 1.82) is 0 Å². The Balaban J connectivity index is 2.70. The molecule has 82 valence electrons. The van der Waals surface area contributed by atoms with Gasteiger partial charge in [-0.15, -0.1) is 0 Å². The Morgan fingerprint density at radius 2 is 1.73 bits per heavy atom. The molecule has 0 aromatic heterocycles. The minimum absolute atomic E-state index is 0.923. The van der Waals surface area contributed by atoms with Crippen LogP contribution in [0.5, 0.6) is 0 Å². The van der Waals surface area contributed by atoms with Crippen LogP contribution in [-0.2, 0) is 0 Å². The number of rotatable bonds is 2. The summed E-state index contributed by atoms with van der Waals surface area (Å²) in [6.45, 7) is 0. The van der Waals surface area contributed by atoms with E-state index < -0.39 is 9.90 Å². The van der Waals surface area contributed by atoms with Gasteiger partial charge in [-0.3, -0.25) is 0 Å². The normalized spacial score (nSPS) is 14.5. The van der Waals surface area contributed by atoms with E-state index in [1.807, 2.05) is 24.3 Å². The van der Waals surface area contributed by atoms with Gasteiger partial charge in [0.05, 0.1) is 0 Å². The van der Waals surface area contributed by atoms with Gasteiger partial charge < -0.3 is 5.11 Å². The van der Waals surface area contributed by atoms with E-state index in [-0.39, 0.29) is 0 Å². The average Bonchev–Trinajstić information content (AvgIpc) is 2.15. The van der Waals surface area contributed by atoms with Crippen molar-refractivity contribution >= 4 is 56.8 Å². The third kappa shape index (κ3) is 4.75. The van der Waals surface area contributed by atoms with E-state index in [9.17, 15) is 5.11 Å². The number of aliphatic hydroxyl groups is 1. The summed E-state index contributed by atoms with van der Waals surface area (Å²) in [6.07, 6.45) is 2.01. The maximum absolute atomic E-state index is 9.41. The van der Waals surface area contributed by atoms with Gasteiger partial charge in [0.2, 0.25) is 3.79 Å². The molecule has 0 bridgehead atoms. The van der Waals surface area contributed by atoms with Crippen LogP contribution in [0.4, 0.5) is 0 Å². The Hall–Kier alpha value is 0.270. The molecular weight excluding hydrogens is 322 g/mol. The lowest BCUT2D eigenvalue weighted by Crippen LogP contribution is -2.22. The first-order valence-corrected chi connectivity index (χ1v) is 6.01. The minimum atomic E-state index is -1.69. The summed E-state index contributed by atoms with van der Waals surface area (Å²) >= 11 is 19.8. The predicted molar refractivity (Wildman–Crippen MR) is 69.5 cm³/mol. The lowest BCUT2D eigenvalue weighted by atomic mass is 10.2. The van der Waals surface area contributed by atoms with E-state index in [0.29, 0.717) is 0 Å². The van der Waals surface area contributed by atoms with Gasteiger partial charge in [0.25, 0.3) is 0 Å². The fourth-order valence-electron chi connectivity index (χ4n) is 0.885. The molecular formula is C10H8BrCl3O. The highest BCUT2D eigenvalue weighted by atomic mass is 79.9. The van der Waals surface area contributed by atoms with E-state index in [4.69, 9.17) is 34.8 Å². The van der Waals surface area contributed by atoms with Crippen molar-refractivity contribution in [2.24, 2.45) is 0 Å². The fraction of sp³-hybridized carbons (Fsp3) is 0.200. The lowest BCUT2D eigenvalue weighted by Gasteiger charge is -2.14.